The lowest BCUT2D eigenvalue weighted by molar-refractivity contribution is -0.138. The van der Waals surface area contributed by atoms with E-state index in [1.807, 2.05) is 12.1 Å². The zero-order valence-corrected chi connectivity index (χ0v) is 33.5. The first-order chi connectivity index (χ1) is 28.2. The molecule has 2 aliphatic heterocycles. The van der Waals surface area contributed by atoms with Gasteiger partial charge in [-0.2, -0.15) is 26.3 Å². The number of benzene rings is 1. The van der Waals surface area contributed by atoms with E-state index in [0.29, 0.717) is 72.3 Å². The molecule has 5 aromatic rings. The minimum Gasteiger partial charge on any atom is -0.360 e. The fourth-order valence-corrected chi connectivity index (χ4v) is 7.88. The number of hydrogen-bond donors (Lipinski definition) is 4. The smallest absolute Gasteiger partial charge is 0.360 e. The summed E-state index contributed by atoms with van der Waals surface area (Å²) in [6.07, 6.45) is 2.27. The van der Waals surface area contributed by atoms with E-state index in [9.17, 15) is 26.3 Å². The second kappa shape index (κ2) is 17.9. The molecule has 4 aromatic heterocycles. The number of hydrogen-bond acceptors (Lipinski definition) is 8. The Bertz CT molecular complexity index is 2280. The summed E-state index contributed by atoms with van der Waals surface area (Å²) in [5.41, 5.74) is 0.686. The number of pyridine rings is 4. The molecule has 2 aliphatic rings. The van der Waals surface area contributed by atoms with E-state index in [2.05, 4.69) is 46.1 Å². The van der Waals surface area contributed by atoms with Crippen LogP contribution in [0.5, 0.6) is 0 Å². The molecule has 0 unspecified atom stereocenters. The lowest BCUT2D eigenvalue weighted by atomic mass is 9.95. The fraction of sp³-hybridized carbons (Fsp3) is 0.300. The predicted molar refractivity (Wildman–Crippen MR) is 226 cm³/mol. The SMILES string of the molecule is FC(F)(F)c1cc(N2CCC(NC(=S)Nc3cncc(-c4ccc(-c5ccnc(N6CCC(NC(=S)Nc7cccnc7)CC6)c5)c(C(F)(F)F)c4)c3)CC2)ncc1Cl. The number of anilines is 4. The van der Waals surface area contributed by atoms with Gasteiger partial charge < -0.3 is 31.1 Å². The molecule has 2 fully saturated rings. The number of rotatable bonds is 8. The van der Waals surface area contributed by atoms with E-state index in [1.54, 1.807) is 41.6 Å². The van der Waals surface area contributed by atoms with E-state index in [1.165, 1.54) is 24.7 Å². The Labute approximate surface area is 351 Å². The van der Waals surface area contributed by atoms with Crippen molar-refractivity contribution in [1.82, 2.24) is 30.6 Å². The Kier molecular flexibility index (Phi) is 12.7. The highest BCUT2D eigenvalue weighted by atomic mass is 35.5. The third-order valence-electron chi connectivity index (χ3n) is 10.1. The average Bonchev–Trinajstić information content (AvgIpc) is 3.21. The van der Waals surface area contributed by atoms with Crippen molar-refractivity contribution in [1.29, 1.82) is 0 Å². The predicted octanol–water partition coefficient (Wildman–Crippen LogP) is 9.20. The summed E-state index contributed by atoms with van der Waals surface area (Å²) in [4.78, 5) is 20.7. The summed E-state index contributed by atoms with van der Waals surface area (Å²) >= 11 is 16.7. The molecule has 0 bridgehead atoms. The zero-order valence-electron chi connectivity index (χ0n) is 31.1. The first-order valence-corrected chi connectivity index (χ1v) is 19.8. The maximum atomic E-state index is 14.7. The number of aromatic nitrogens is 4. The molecule has 6 heterocycles. The van der Waals surface area contributed by atoms with Crippen molar-refractivity contribution >= 4 is 69.3 Å². The molecule has 1 aromatic carbocycles. The van der Waals surface area contributed by atoms with Gasteiger partial charge in [-0.05, 0) is 109 Å². The summed E-state index contributed by atoms with van der Waals surface area (Å²) in [5.74, 6) is 0.777. The van der Waals surface area contributed by atoms with Crippen LogP contribution in [0.3, 0.4) is 0 Å². The molecule has 19 heteroatoms. The monoisotopic (exact) mass is 870 g/mol. The topological polar surface area (TPSA) is 106 Å². The second-order valence-corrected chi connectivity index (χ2v) is 15.3. The van der Waals surface area contributed by atoms with Crippen LogP contribution in [-0.4, -0.2) is 68.4 Å². The van der Waals surface area contributed by atoms with Crippen LogP contribution in [0.4, 0.5) is 49.4 Å². The normalized spacial score (nSPS) is 15.4. The molecular weight excluding hydrogens is 834 g/mol. The lowest BCUT2D eigenvalue weighted by Crippen LogP contribution is -2.46. The van der Waals surface area contributed by atoms with Gasteiger partial charge in [0.1, 0.15) is 11.6 Å². The van der Waals surface area contributed by atoms with Gasteiger partial charge in [0.15, 0.2) is 10.2 Å². The van der Waals surface area contributed by atoms with E-state index < -0.39 is 28.5 Å². The van der Waals surface area contributed by atoms with Crippen molar-refractivity contribution in [3.8, 4) is 22.3 Å². The molecule has 308 valence electrons. The molecule has 0 radical (unpaired) electrons. The lowest BCUT2D eigenvalue weighted by Gasteiger charge is -2.34. The van der Waals surface area contributed by atoms with E-state index in [0.717, 1.165) is 36.9 Å². The van der Waals surface area contributed by atoms with Crippen LogP contribution in [-0.2, 0) is 12.4 Å². The van der Waals surface area contributed by atoms with Gasteiger partial charge in [-0.3, -0.25) is 9.97 Å². The minimum absolute atomic E-state index is 0.0274. The zero-order chi connectivity index (χ0) is 41.7. The molecule has 0 spiro atoms. The first kappa shape index (κ1) is 41.8. The Morgan fingerprint density at radius 2 is 1.22 bits per heavy atom. The summed E-state index contributed by atoms with van der Waals surface area (Å²) in [6, 6.07) is 13.8. The minimum atomic E-state index is -4.66. The molecule has 0 amide bonds. The van der Waals surface area contributed by atoms with Crippen LogP contribution in [0.2, 0.25) is 5.02 Å². The number of nitrogens with zero attached hydrogens (tertiary/aromatic N) is 6. The number of alkyl halides is 6. The fourth-order valence-electron chi connectivity index (χ4n) is 7.10. The Balaban J connectivity index is 0.968. The van der Waals surface area contributed by atoms with Gasteiger partial charge in [0.05, 0.1) is 39.9 Å². The van der Waals surface area contributed by atoms with Crippen LogP contribution < -0.4 is 31.1 Å². The number of piperidine rings is 2. The molecule has 0 saturated carbocycles. The summed E-state index contributed by atoms with van der Waals surface area (Å²) < 4.78 is 84.1. The molecule has 0 aliphatic carbocycles. The van der Waals surface area contributed by atoms with Crippen molar-refractivity contribution in [3.63, 3.8) is 0 Å². The largest absolute Gasteiger partial charge is 0.418 e. The highest BCUT2D eigenvalue weighted by molar-refractivity contribution is 7.80. The number of nitrogens with one attached hydrogen (secondary N) is 4. The quantitative estimate of drug-likeness (QED) is 0.0883. The van der Waals surface area contributed by atoms with Crippen LogP contribution >= 0.6 is 36.0 Å². The Morgan fingerprint density at radius 1 is 0.610 bits per heavy atom. The molecule has 10 nitrogen and oxygen atoms in total. The van der Waals surface area contributed by atoms with Gasteiger partial charge in [-0.25, -0.2) is 9.97 Å². The Morgan fingerprint density at radius 3 is 1.83 bits per heavy atom. The second-order valence-electron chi connectivity index (χ2n) is 14.1. The molecular formula is C40H37ClF6N10S2. The third-order valence-corrected chi connectivity index (χ3v) is 10.8. The first-order valence-electron chi connectivity index (χ1n) is 18.6. The van der Waals surface area contributed by atoms with Crippen molar-refractivity contribution in [2.24, 2.45) is 0 Å². The molecule has 2 saturated heterocycles. The van der Waals surface area contributed by atoms with E-state index in [4.69, 9.17) is 36.0 Å². The summed E-state index contributed by atoms with van der Waals surface area (Å²) in [7, 11) is 0. The summed E-state index contributed by atoms with van der Waals surface area (Å²) in [5, 5.41) is 13.0. The maximum absolute atomic E-state index is 14.7. The number of halogens is 7. The Hall–Kier alpha value is -5.33. The standard InChI is InChI=1S/C40H37ClF6N10S2/c41-34-23-51-36(19-33(34)40(45,46)47)57-14-8-28(9-15-57)53-38(59)55-30-16-26(20-49-22-30)24-3-4-31(32(17-24)39(42,43)44)25-5-11-50-35(18-25)56-12-6-27(7-13-56)52-37(58)54-29-2-1-10-48-21-29/h1-5,10-11,16-23,27-28H,6-9,12-15H2,(H2,52,54,58)(H2,53,55,59). The molecule has 59 heavy (non-hydrogen) atoms. The highest BCUT2D eigenvalue weighted by Crippen LogP contribution is 2.41. The van der Waals surface area contributed by atoms with Gasteiger partial charge >= 0.3 is 12.4 Å². The van der Waals surface area contributed by atoms with Crippen LogP contribution in [0.1, 0.15) is 36.8 Å². The maximum Gasteiger partial charge on any atom is 0.418 e. The molecule has 0 atom stereocenters. The van der Waals surface area contributed by atoms with Crippen molar-refractivity contribution in [3.05, 3.63) is 108 Å². The van der Waals surface area contributed by atoms with Gasteiger partial charge in [-0.1, -0.05) is 23.7 Å². The van der Waals surface area contributed by atoms with Crippen molar-refractivity contribution in [2.45, 2.75) is 50.1 Å². The van der Waals surface area contributed by atoms with Gasteiger partial charge in [-0.15, -0.1) is 0 Å². The van der Waals surface area contributed by atoms with Crippen LogP contribution in [0, 0.1) is 0 Å². The molecule has 7 rings (SSSR count). The number of thiocarbonyl (C=S) groups is 2. The molecule has 4 N–H and O–H groups in total. The van der Waals surface area contributed by atoms with Crippen LogP contribution in [0.15, 0.2) is 91.8 Å². The van der Waals surface area contributed by atoms with Crippen molar-refractivity contribution in [2.75, 3.05) is 46.6 Å². The van der Waals surface area contributed by atoms with Crippen LogP contribution in [0.25, 0.3) is 22.3 Å². The average molecular weight is 871 g/mol. The van der Waals surface area contributed by atoms with Gasteiger partial charge in [0.2, 0.25) is 0 Å². The van der Waals surface area contributed by atoms with Gasteiger partial charge in [0, 0.05) is 68.6 Å². The highest BCUT2D eigenvalue weighted by Gasteiger charge is 2.36. The van der Waals surface area contributed by atoms with E-state index >= 15 is 0 Å². The van der Waals surface area contributed by atoms with Gasteiger partial charge in [0.25, 0.3) is 0 Å². The summed E-state index contributed by atoms with van der Waals surface area (Å²) in [6.45, 7) is 2.14. The third kappa shape index (κ3) is 10.7. The van der Waals surface area contributed by atoms with E-state index in [-0.39, 0.29) is 28.6 Å². The van der Waals surface area contributed by atoms with Crippen molar-refractivity contribution < 1.29 is 26.3 Å².